The van der Waals surface area contributed by atoms with Crippen LogP contribution in [0, 0.1) is 17.7 Å². The first-order valence-electron chi connectivity index (χ1n) is 11.2. The number of hydrogen-bond donors (Lipinski definition) is 1. The fourth-order valence-corrected chi connectivity index (χ4v) is 4.20. The summed E-state index contributed by atoms with van der Waals surface area (Å²) in [6.45, 7) is 6.81. The molecule has 0 radical (unpaired) electrons. The topological polar surface area (TPSA) is 63.7 Å². The number of hydrogen-bond acceptors (Lipinski definition) is 6. The zero-order valence-corrected chi connectivity index (χ0v) is 20.2. The molecule has 6 nitrogen and oxygen atoms in total. The maximum absolute atomic E-state index is 14.8. The molecule has 0 saturated heterocycles. The van der Waals surface area contributed by atoms with Gasteiger partial charge < -0.3 is 9.47 Å². The summed E-state index contributed by atoms with van der Waals surface area (Å²) in [5.41, 5.74) is 0.986. The van der Waals surface area contributed by atoms with E-state index in [1.54, 1.807) is 42.6 Å². The number of fused-ring (bicyclic) bond motifs is 1. The molecule has 35 heavy (non-hydrogen) atoms. The fraction of sp³-hybridized carbons (Fsp3) is 0.185. The lowest BCUT2D eigenvalue weighted by molar-refractivity contribution is 0.215. The zero-order valence-electron chi connectivity index (χ0n) is 19.4. The molecule has 0 spiro atoms. The van der Waals surface area contributed by atoms with Crippen molar-refractivity contribution in [2.45, 2.75) is 13.8 Å². The molecule has 8 heteroatoms. The van der Waals surface area contributed by atoms with Gasteiger partial charge in [-0.05, 0) is 43.4 Å². The third-order valence-corrected chi connectivity index (χ3v) is 6.19. The van der Waals surface area contributed by atoms with E-state index >= 15 is 0 Å². The first-order chi connectivity index (χ1) is 17.1. The number of pyridine rings is 1. The molecule has 0 aliphatic carbocycles. The van der Waals surface area contributed by atoms with E-state index in [1.807, 2.05) is 12.1 Å². The van der Waals surface area contributed by atoms with Crippen molar-refractivity contribution in [3.8, 4) is 29.1 Å². The smallest absolute Gasteiger partial charge is 0.417 e. The number of anilines is 1. The molecule has 0 unspecified atom stereocenters. The van der Waals surface area contributed by atoms with Crippen molar-refractivity contribution in [2.75, 3.05) is 25.0 Å². The molecule has 0 aliphatic heterocycles. The van der Waals surface area contributed by atoms with Crippen LogP contribution in [0.5, 0.6) is 17.2 Å². The van der Waals surface area contributed by atoms with Crippen LogP contribution in [0.2, 0.25) is 0 Å². The van der Waals surface area contributed by atoms with Gasteiger partial charge in [0.1, 0.15) is 11.5 Å². The van der Waals surface area contributed by atoms with Crippen molar-refractivity contribution in [2.24, 2.45) is 0 Å². The van der Waals surface area contributed by atoms with Crippen molar-refractivity contribution in [1.29, 1.82) is 0 Å². The molecule has 2 heterocycles. The van der Waals surface area contributed by atoms with Crippen LogP contribution in [0.25, 0.3) is 10.2 Å². The number of amides is 1. The maximum atomic E-state index is 14.8. The molecule has 1 N–H and O–H groups in total. The maximum Gasteiger partial charge on any atom is 0.417 e. The third-order valence-electron chi connectivity index (χ3n) is 5.14. The van der Waals surface area contributed by atoms with E-state index < -0.39 is 11.9 Å². The highest BCUT2D eigenvalue weighted by molar-refractivity contribution is 7.19. The standard InChI is InChI=1S/C27H24FN3O3S/c1-3-31(4-2)16-8-11-21-18-23-26(35-21)25(14-15-29-23)34-24-13-12-19(17-22(24)28)30-27(32)33-20-9-6-5-7-10-20/h5-7,9-10,12-15,17-18H,3-4,16H2,1-2H3,(H,30,32). The Bertz CT molecular complexity index is 1370. The number of nitrogens with one attached hydrogen (secondary N) is 1. The monoisotopic (exact) mass is 489 g/mol. The second kappa shape index (κ2) is 11.5. The Hall–Kier alpha value is -3.93. The molecular weight excluding hydrogens is 465 g/mol. The van der Waals surface area contributed by atoms with Gasteiger partial charge in [0.2, 0.25) is 0 Å². The van der Waals surface area contributed by atoms with E-state index in [4.69, 9.17) is 9.47 Å². The molecule has 4 aromatic rings. The van der Waals surface area contributed by atoms with E-state index in [-0.39, 0.29) is 11.4 Å². The van der Waals surface area contributed by atoms with Crippen molar-refractivity contribution in [3.05, 3.63) is 77.6 Å². The predicted molar refractivity (Wildman–Crippen MR) is 137 cm³/mol. The molecule has 1 amide bonds. The van der Waals surface area contributed by atoms with E-state index in [9.17, 15) is 9.18 Å². The average Bonchev–Trinajstić information content (AvgIpc) is 3.28. The summed E-state index contributed by atoms with van der Waals surface area (Å²) in [6, 6.07) is 16.4. The second-order valence-corrected chi connectivity index (χ2v) is 8.52. The highest BCUT2D eigenvalue weighted by Crippen LogP contribution is 2.36. The largest absolute Gasteiger partial charge is 0.453 e. The molecule has 0 bridgehead atoms. The first kappa shape index (κ1) is 24.2. The van der Waals surface area contributed by atoms with Crippen LogP contribution in [-0.4, -0.2) is 35.6 Å². The SMILES string of the molecule is CCN(CC)CC#Cc1cc2nccc(Oc3ccc(NC(=O)Oc4ccccc4)cc3F)c2s1. The van der Waals surface area contributed by atoms with Crippen LogP contribution in [0.4, 0.5) is 14.9 Å². The van der Waals surface area contributed by atoms with Gasteiger partial charge in [-0.25, -0.2) is 9.18 Å². The quantitative estimate of drug-likeness (QED) is 0.299. The number of para-hydroxylation sites is 1. The summed E-state index contributed by atoms with van der Waals surface area (Å²) in [4.78, 5) is 19.5. The lowest BCUT2D eigenvalue weighted by Gasteiger charge is -2.12. The zero-order chi connectivity index (χ0) is 24.6. The summed E-state index contributed by atoms with van der Waals surface area (Å²) in [6.07, 6.45) is 0.901. The summed E-state index contributed by atoms with van der Waals surface area (Å²) in [7, 11) is 0. The summed E-state index contributed by atoms with van der Waals surface area (Å²) >= 11 is 1.45. The van der Waals surface area contributed by atoms with Gasteiger partial charge >= 0.3 is 6.09 Å². The van der Waals surface area contributed by atoms with E-state index in [0.29, 0.717) is 18.0 Å². The van der Waals surface area contributed by atoms with Crippen LogP contribution in [-0.2, 0) is 0 Å². The molecule has 0 saturated carbocycles. The van der Waals surface area contributed by atoms with Gasteiger partial charge in [0.05, 0.1) is 21.6 Å². The number of thiophene rings is 1. The first-order valence-corrected chi connectivity index (χ1v) is 12.0. The average molecular weight is 490 g/mol. The number of benzene rings is 2. The summed E-state index contributed by atoms with van der Waals surface area (Å²) in [5, 5.41) is 2.51. The van der Waals surface area contributed by atoms with Gasteiger partial charge in [-0.2, -0.15) is 0 Å². The molecular formula is C27H24FN3O3S. The number of carbonyl (C=O) groups is 1. The summed E-state index contributed by atoms with van der Waals surface area (Å²) < 4.78 is 26.6. The van der Waals surface area contributed by atoms with Crippen LogP contribution >= 0.6 is 11.3 Å². The van der Waals surface area contributed by atoms with Gasteiger partial charge in [-0.15, -0.1) is 11.3 Å². The Morgan fingerprint density at radius 2 is 1.89 bits per heavy atom. The number of carbonyl (C=O) groups excluding carboxylic acids is 1. The lowest BCUT2D eigenvalue weighted by Crippen LogP contribution is -2.22. The van der Waals surface area contributed by atoms with E-state index in [0.717, 1.165) is 28.2 Å². The second-order valence-electron chi connectivity index (χ2n) is 7.47. The van der Waals surface area contributed by atoms with Crippen molar-refractivity contribution >= 4 is 33.3 Å². The molecule has 0 fully saturated rings. The van der Waals surface area contributed by atoms with Crippen LogP contribution < -0.4 is 14.8 Å². The minimum atomic E-state index is -0.715. The van der Waals surface area contributed by atoms with Crippen LogP contribution in [0.3, 0.4) is 0 Å². The van der Waals surface area contributed by atoms with E-state index in [2.05, 4.69) is 40.9 Å². The van der Waals surface area contributed by atoms with Crippen LogP contribution in [0.1, 0.15) is 18.7 Å². The number of nitrogens with zero attached hydrogens (tertiary/aromatic N) is 2. The lowest BCUT2D eigenvalue weighted by atomic mass is 10.3. The van der Waals surface area contributed by atoms with Crippen molar-refractivity contribution in [3.63, 3.8) is 0 Å². The highest BCUT2D eigenvalue weighted by atomic mass is 32.1. The molecule has 4 rings (SSSR count). The third kappa shape index (κ3) is 6.35. The van der Waals surface area contributed by atoms with E-state index in [1.165, 1.54) is 23.5 Å². The molecule has 2 aromatic carbocycles. The van der Waals surface area contributed by atoms with Crippen molar-refractivity contribution in [1.82, 2.24) is 9.88 Å². The molecule has 178 valence electrons. The predicted octanol–water partition coefficient (Wildman–Crippen LogP) is 6.53. The van der Waals surface area contributed by atoms with Gasteiger partial charge in [-0.3, -0.25) is 15.2 Å². The molecule has 2 aromatic heterocycles. The van der Waals surface area contributed by atoms with Gasteiger partial charge in [0.25, 0.3) is 0 Å². The molecule has 0 atom stereocenters. The Labute approximate surface area is 207 Å². The fourth-order valence-electron chi connectivity index (χ4n) is 3.26. The highest BCUT2D eigenvalue weighted by Gasteiger charge is 2.13. The number of ether oxygens (including phenoxy) is 2. The number of aromatic nitrogens is 1. The van der Waals surface area contributed by atoms with Gasteiger partial charge in [0, 0.05) is 24.0 Å². The summed E-state index contributed by atoms with van der Waals surface area (Å²) in [5.74, 6) is 6.66. The minimum Gasteiger partial charge on any atom is -0.453 e. The Morgan fingerprint density at radius 1 is 1.09 bits per heavy atom. The van der Waals surface area contributed by atoms with Crippen LogP contribution in [0.15, 0.2) is 66.9 Å². The van der Waals surface area contributed by atoms with Gasteiger partial charge in [-0.1, -0.05) is 43.9 Å². The number of halogens is 1. The van der Waals surface area contributed by atoms with Gasteiger partial charge in [0.15, 0.2) is 11.6 Å². The Morgan fingerprint density at radius 3 is 2.63 bits per heavy atom. The Balaban J connectivity index is 1.46. The Kier molecular flexibility index (Phi) is 7.93. The van der Waals surface area contributed by atoms with Crippen molar-refractivity contribution < 1.29 is 18.7 Å². The number of rotatable bonds is 7. The minimum absolute atomic E-state index is 0.0297. The normalized spacial score (nSPS) is 10.6. The molecule has 0 aliphatic rings.